The second-order valence-corrected chi connectivity index (χ2v) is 6.41. The fraction of sp³-hybridized carbons (Fsp3) is 0.400. The Kier molecular flexibility index (Phi) is 5.47. The quantitative estimate of drug-likeness (QED) is 0.836. The third-order valence-electron chi connectivity index (χ3n) is 4.69. The van der Waals surface area contributed by atoms with Crippen LogP contribution in [0.15, 0.2) is 30.3 Å². The van der Waals surface area contributed by atoms with Gasteiger partial charge in [0.25, 0.3) is 0 Å². The fourth-order valence-corrected chi connectivity index (χ4v) is 3.51. The Hall–Kier alpha value is -2.94. The molecular weight excluding hydrogens is 328 g/mol. The first-order chi connectivity index (χ1) is 12.7. The number of nitrogens with zero attached hydrogens (tertiary/aromatic N) is 3. The molecular formula is C20H24N4O2. The zero-order chi connectivity index (χ0) is 18.5. The maximum absolute atomic E-state index is 12.6. The number of anilines is 2. The Morgan fingerprint density at radius 1 is 1.23 bits per heavy atom. The van der Waals surface area contributed by atoms with Gasteiger partial charge in [0.2, 0.25) is 0 Å². The Morgan fingerprint density at radius 2 is 1.92 bits per heavy atom. The summed E-state index contributed by atoms with van der Waals surface area (Å²) < 4.78 is 7.07. The summed E-state index contributed by atoms with van der Waals surface area (Å²) in [6.07, 6.45) is 3.31. The lowest BCUT2D eigenvalue weighted by molar-refractivity contribution is 0.0516. The number of carbonyl (C=O) groups is 1. The second-order valence-electron chi connectivity index (χ2n) is 6.41. The van der Waals surface area contributed by atoms with Crippen LogP contribution in [0, 0.1) is 11.3 Å². The Bertz CT molecular complexity index is 815. The van der Waals surface area contributed by atoms with E-state index in [0.29, 0.717) is 12.1 Å². The van der Waals surface area contributed by atoms with E-state index in [1.165, 1.54) is 6.42 Å². The molecule has 2 aromatic rings. The second kappa shape index (κ2) is 7.96. The summed E-state index contributed by atoms with van der Waals surface area (Å²) in [4.78, 5) is 14.8. The molecule has 0 atom stereocenters. The van der Waals surface area contributed by atoms with Crippen LogP contribution in [0.25, 0.3) is 0 Å². The molecule has 26 heavy (non-hydrogen) atoms. The SMILES string of the molecule is CCOC(=O)c1c(N)c(C#N)c(N2CCCCC2)n1Cc1ccccc1. The van der Waals surface area contributed by atoms with Crippen molar-refractivity contribution in [3.8, 4) is 6.07 Å². The van der Waals surface area contributed by atoms with Gasteiger partial charge < -0.3 is 19.9 Å². The van der Waals surface area contributed by atoms with Gasteiger partial charge in [-0.3, -0.25) is 0 Å². The molecule has 1 aliphatic rings. The predicted octanol–water partition coefficient (Wildman–Crippen LogP) is 3.16. The molecule has 1 aromatic heterocycles. The van der Waals surface area contributed by atoms with E-state index in [1.807, 2.05) is 34.9 Å². The standard InChI is InChI=1S/C20H24N4O2/c1-2-26-20(25)18-17(22)16(13-21)19(23-11-7-4-8-12-23)24(18)14-15-9-5-3-6-10-15/h3,5-6,9-10H,2,4,7-8,11-12,14,22H2,1H3. The van der Waals surface area contributed by atoms with E-state index in [4.69, 9.17) is 10.5 Å². The van der Waals surface area contributed by atoms with Crippen molar-refractivity contribution >= 4 is 17.5 Å². The van der Waals surface area contributed by atoms with Gasteiger partial charge in [-0.05, 0) is 31.7 Å². The van der Waals surface area contributed by atoms with Crippen LogP contribution in [0.5, 0.6) is 0 Å². The van der Waals surface area contributed by atoms with Crippen molar-refractivity contribution in [3.63, 3.8) is 0 Å². The molecule has 0 unspecified atom stereocenters. The van der Waals surface area contributed by atoms with Gasteiger partial charge in [0, 0.05) is 19.6 Å². The first kappa shape index (κ1) is 17.9. The van der Waals surface area contributed by atoms with Gasteiger partial charge >= 0.3 is 5.97 Å². The van der Waals surface area contributed by atoms with Crippen molar-refractivity contribution in [2.75, 3.05) is 30.3 Å². The Balaban J connectivity index is 2.15. The third kappa shape index (κ3) is 3.38. The molecule has 0 amide bonds. The molecule has 1 saturated heterocycles. The number of hydrogen-bond acceptors (Lipinski definition) is 5. The molecule has 0 radical (unpaired) electrons. The first-order valence-corrected chi connectivity index (χ1v) is 9.05. The zero-order valence-electron chi connectivity index (χ0n) is 15.1. The maximum Gasteiger partial charge on any atom is 0.357 e. The lowest BCUT2D eigenvalue weighted by Crippen LogP contribution is -2.32. The molecule has 0 spiro atoms. The summed E-state index contributed by atoms with van der Waals surface area (Å²) in [6, 6.07) is 12.1. The number of piperidine rings is 1. The van der Waals surface area contributed by atoms with Gasteiger partial charge in [0.1, 0.15) is 17.5 Å². The molecule has 0 bridgehead atoms. The molecule has 0 aliphatic carbocycles. The van der Waals surface area contributed by atoms with E-state index in [1.54, 1.807) is 6.92 Å². The molecule has 2 N–H and O–H groups in total. The van der Waals surface area contributed by atoms with Crippen molar-refractivity contribution in [2.45, 2.75) is 32.7 Å². The number of rotatable bonds is 5. The Morgan fingerprint density at radius 3 is 2.54 bits per heavy atom. The summed E-state index contributed by atoms with van der Waals surface area (Å²) in [5.74, 6) is 0.247. The molecule has 6 nitrogen and oxygen atoms in total. The van der Waals surface area contributed by atoms with Gasteiger partial charge in [-0.25, -0.2) is 4.79 Å². The van der Waals surface area contributed by atoms with Crippen molar-refractivity contribution in [3.05, 3.63) is 47.2 Å². The van der Waals surface area contributed by atoms with E-state index < -0.39 is 5.97 Å². The molecule has 3 rings (SSSR count). The highest BCUT2D eigenvalue weighted by Crippen LogP contribution is 2.35. The molecule has 136 valence electrons. The van der Waals surface area contributed by atoms with Crippen LogP contribution in [0.1, 0.15) is 47.8 Å². The molecule has 1 aromatic carbocycles. The van der Waals surface area contributed by atoms with Crippen LogP contribution in [-0.2, 0) is 11.3 Å². The van der Waals surface area contributed by atoms with E-state index >= 15 is 0 Å². The van der Waals surface area contributed by atoms with Gasteiger partial charge in [-0.1, -0.05) is 30.3 Å². The summed E-state index contributed by atoms with van der Waals surface area (Å²) in [5.41, 5.74) is 8.12. The predicted molar refractivity (Wildman–Crippen MR) is 101 cm³/mol. The fourth-order valence-electron chi connectivity index (χ4n) is 3.51. The number of aromatic nitrogens is 1. The highest BCUT2D eigenvalue weighted by atomic mass is 16.5. The summed E-state index contributed by atoms with van der Waals surface area (Å²) in [6.45, 7) is 4.20. The molecule has 2 heterocycles. The summed E-state index contributed by atoms with van der Waals surface area (Å²) in [5, 5.41) is 9.72. The minimum Gasteiger partial charge on any atom is -0.461 e. The van der Waals surface area contributed by atoms with Crippen molar-refractivity contribution in [1.82, 2.24) is 4.57 Å². The number of carbonyl (C=O) groups excluding carboxylic acids is 1. The monoisotopic (exact) mass is 352 g/mol. The maximum atomic E-state index is 12.6. The van der Waals surface area contributed by atoms with Gasteiger partial charge in [0.15, 0.2) is 5.69 Å². The van der Waals surface area contributed by atoms with E-state index in [9.17, 15) is 10.1 Å². The third-order valence-corrected chi connectivity index (χ3v) is 4.69. The first-order valence-electron chi connectivity index (χ1n) is 9.05. The topological polar surface area (TPSA) is 84.3 Å². The summed E-state index contributed by atoms with van der Waals surface area (Å²) >= 11 is 0. The smallest absolute Gasteiger partial charge is 0.357 e. The Labute approximate surface area is 153 Å². The van der Waals surface area contributed by atoms with Gasteiger partial charge in [-0.2, -0.15) is 5.26 Å². The lowest BCUT2D eigenvalue weighted by atomic mass is 10.1. The van der Waals surface area contributed by atoms with Crippen molar-refractivity contribution < 1.29 is 9.53 Å². The molecule has 1 aliphatic heterocycles. The van der Waals surface area contributed by atoms with Crippen molar-refractivity contribution in [2.24, 2.45) is 0 Å². The van der Waals surface area contributed by atoms with Gasteiger partial charge in [0.05, 0.1) is 12.3 Å². The van der Waals surface area contributed by atoms with Crippen LogP contribution < -0.4 is 10.6 Å². The normalized spacial score (nSPS) is 14.1. The van der Waals surface area contributed by atoms with E-state index in [2.05, 4.69) is 11.0 Å². The van der Waals surface area contributed by atoms with E-state index in [-0.39, 0.29) is 18.0 Å². The van der Waals surface area contributed by atoms with Crippen LogP contribution in [0.2, 0.25) is 0 Å². The number of esters is 1. The number of nitrogen functional groups attached to an aromatic ring is 1. The number of hydrogen-bond donors (Lipinski definition) is 1. The highest BCUT2D eigenvalue weighted by molar-refractivity contribution is 5.97. The highest BCUT2D eigenvalue weighted by Gasteiger charge is 2.30. The number of nitriles is 1. The number of benzene rings is 1. The van der Waals surface area contributed by atoms with E-state index in [0.717, 1.165) is 37.3 Å². The molecule has 1 fully saturated rings. The summed E-state index contributed by atoms with van der Waals surface area (Å²) in [7, 11) is 0. The van der Waals surface area contributed by atoms with Gasteiger partial charge in [-0.15, -0.1) is 0 Å². The minimum atomic E-state index is -0.485. The number of nitrogens with two attached hydrogens (primary N) is 1. The average molecular weight is 352 g/mol. The minimum absolute atomic E-state index is 0.211. The zero-order valence-corrected chi connectivity index (χ0v) is 15.1. The molecule has 0 saturated carbocycles. The van der Waals surface area contributed by atoms with Crippen LogP contribution in [0.3, 0.4) is 0 Å². The van der Waals surface area contributed by atoms with Crippen LogP contribution in [-0.4, -0.2) is 30.2 Å². The molecule has 6 heteroatoms. The largest absolute Gasteiger partial charge is 0.461 e. The lowest BCUT2D eigenvalue weighted by Gasteiger charge is -2.30. The average Bonchev–Trinajstić information content (AvgIpc) is 2.94. The van der Waals surface area contributed by atoms with Crippen LogP contribution in [0.4, 0.5) is 11.5 Å². The number of ether oxygens (including phenoxy) is 1. The van der Waals surface area contributed by atoms with Crippen molar-refractivity contribution in [1.29, 1.82) is 5.26 Å². The van der Waals surface area contributed by atoms with Crippen LogP contribution >= 0.6 is 0 Å².